The van der Waals surface area contributed by atoms with Crippen LogP contribution in [-0.4, -0.2) is 6.21 Å². The standard InChI is InChI=1S/C13H9N/c1-2-5-11-10(4-1)7-8-13-12(11)6-3-9-14-13/h1-9H/q+1. The fraction of sp³-hybridized carbons (Fsp3) is 0. The van der Waals surface area contributed by atoms with Crippen molar-refractivity contribution in [1.29, 1.82) is 0 Å². The molecule has 2 aromatic rings. The molecular weight excluding hydrogens is 170 g/mol. The highest BCUT2D eigenvalue weighted by molar-refractivity contribution is 5.99. The van der Waals surface area contributed by atoms with Crippen molar-refractivity contribution >= 4 is 28.8 Å². The molecule has 2 aromatic carbocycles. The molecule has 3 rings (SSSR count). The Labute approximate surface area is 82.4 Å². The normalized spacial score (nSPS) is 13.1. The Kier molecular flexibility index (Phi) is 1.51. The third-order valence-corrected chi connectivity index (χ3v) is 2.51. The summed E-state index contributed by atoms with van der Waals surface area (Å²) >= 11 is 0. The average Bonchev–Trinajstić information content (AvgIpc) is 2.29. The lowest BCUT2D eigenvalue weighted by molar-refractivity contribution is 1.39. The van der Waals surface area contributed by atoms with Gasteiger partial charge in [0.25, 0.3) is 5.69 Å². The summed E-state index contributed by atoms with van der Waals surface area (Å²) < 4.78 is 0. The summed E-state index contributed by atoms with van der Waals surface area (Å²) in [5, 5.41) is 2.55. The predicted molar refractivity (Wildman–Crippen MR) is 60.8 cm³/mol. The second-order valence-corrected chi connectivity index (χ2v) is 3.36. The van der Waals surface area contributed by atoms with Crippen molar-refractivity contribution in [3.05, 3.63) is 48.0 Å². The van der Waals surface area contributed by atoms with Gasteiger partial charge in [0.05, 0.1) is 10.6 Å². The molecule has 0 unspecified atom stereocenters. The maximum atomic E-state index is 4.33. The van der Waals surface area contributed by atoms with Gasteiger partial charge in [-0.15, -0.1) is 0 Å². The Bertz CT molecular complexity index is 550. The van der Waals surface area contributed by atoms with Crippen molar-refractivity contribution in [2.45, 2.75) is 0 Å². The van der Waals surface area contributed by atoms with Gasteiger partial charge < -0.3 is 0 Å². The zero-order chi connectivity index (χ0) is 9.38. The number of nitrogens with zero attached hydrogens (tertiary/aromatic N) is 1. The van der Waals surface area contributed by atoms with Gasteiger partial charge >= 0.3 is 0 Å². The minimum Gasteiger partial charge on any atom is -0.0616 e. The molecule has 1 nitrogen and oxygen atoms in total. The summed E-state index contributed by atoms with van der Waals surface area (Å²) in [6, 6.07) is 12.6. The first kappa shape index (κ1) is 7.51. The third-order valence-electron chi connectivity index (χ3n) is 2.51. The van der Waals surface area contributed by atoms with E-state index in [9.17, 15) is 0 Å². The topological polar surface area (TPSA) is 14.1 Å². The highest BCUT2D eigenvalue weighted by Crippen LogP contribution is 2.27. The van der Waals surface area contributed by atoms with E-state index in [1.807, 2.05) is 12.3 Å². The quantitative estimate of drug-likeness (QED) is 0.590. The third kappa shape index (κ3) is 0.990. The molecule has 1 aliphatic heterocycles. The fourth-order valence-electron chi connectivity index (χ4n) is 1.83. The first-order chi connectivity index (χ1) is 6.95. The minimum atomic E-state index is 1.06. The molecule has 0 fully saturated rings. The SMILES string of the molecule is C1=Cc2c(ccc3ccccc23)[N+]=C1. The summed E-state index contributed by atoms with van der Waals surface area (Å²) in [6.07, 6.45) is 5.93. The molecule has 0 aliphatic carbocycles. The molecule has 0 bridgehead atoms. The van der Waals surface area contributed by atoms with Crippen LogP contribution in [0.15, 0.2) is 42.5 Å². The molecule has 0 N–H and O–H groups in total. The molecule has 14 heavy (non-hydrogen) atoms. The fourth-order valence-corrected chi connectivity index (χ4v) is 1.83. The van der Waals surface area contributed by atoms with Crippen LogP contribution in [0.3, 0.4) is 0 Å². The molecular formula is C13H9N+. The Hall–Kier alpha value is -1.89. The van der Waals surface area contributed by atoms with E-state index in [-0.39, 0.29) is 0 Å². The van der Waals surface area contributed by atoms with Gasteiger partial charge in [-0.3, -0.25) is 0 Å². The van der Waals surface area contributed by atoms with E-state index in [4.69, 9.17) is 0 Å². The van der Waals surface area contributed by atoms with Crippen LogP contribution < -0.4 is 4.99 Å². The van der Waals surface area contributed by atoms with E-state index in [0.29, 0.717) is 0 Å². The number of rotatable bonds is 0. The van der Waals surface area contributed by atoms with Gasteiger partial charge in [0.1, 0.15) is 0 Å². The summed E-state index contributed by atoms with van der Waals surface area (Å²) in [5.41, 5.74) is 2.29. The van der Waals surface area contributed by atoms with Crippen LogP contribution in [0, 0.1) is 0 Å². The second-order valence-electron chi connectivity index (χ2n) is 3.36. The van der Waals surface area contributed by atoms with Gasteiger partial charge in [0.15, 0.2) is 0 Å². The summed E-state index contributed by atoms with van der Waals surface area (Å²) in [6.45, 7) is 0. The van der Waals surface area contributed by atoms with Gasteiger partial charge in [0, 0.05) is 12.1 Å². The number of hydrogen-bond acceptors (Lipinski definition) is 1. The van der Waals surface area contributed by atoms with Crippen molar-refractivity contribution < 1.29 is 0 Å². The maximum absolute atomic E-state index is 4.33. The summed E-state index contributed by atoms with van der Waals surface area (Å²) in [4.78, 5) is 4.33. The lowest BCUT2D eigenvalue weighted by Crippen LogP contribution is -1.92. The zero-order valence-electron chi connectivity index (χ0n) is 7.64. The largest absolute Gasteiger partial charge is 0.284 e. The molecule has 1 heterocycles. The molecule has 0 aromatic heterocycles. The number of benzene rings is 2. The zero-order valence-corrected chi connectivity index (χ0v) is 7.64. The lowest BCUT2D eigenvalue weighted by atomic mass is 10.0. The van der Waals surface area contributed by atoms with Crippen molar-refractivity contribution in [3.8, 4) is 0 Å². The molecule has 0 saturated carbocycles. The molecule has 1 aliphatic rings. The average molecular weight is 179 g/mol. The smallest absolute Gasteiger partial charge is 0.0616 e. The van der Waals surface area contributed by atoms with Crippen molar-refractivity contribution in [1.82, 2.24) is 4.99 Å². The van der Waals surface area contributed by atoms with Gasteiger partial charge in [-0.25, -0.2) is 0 Å². The molecule has 0 saturated heterocycles. The Balaban J connectivity index is 2.47. The summed E-state index contributed by atoms with van der Waals surface area (Å²) in [7, 11) is 0. The number of fused-ring (bicyclic) bond motifs is 3. The van der Waals surface area contributed by atoms with E-state index < -0.39 is 0 Å². The summed E-state index contributed by atoms with van der Waals surface area (Å²) in [5.74, 6) is 0. The van der Waals surface area contributed by atoms with E-state index in [1.54, 1.807) is 0 Å². The first-order valence-corrected chi connectivity index (χ1v) is 4.68. The van der Waals surface area contributed by atoms with Crippen LogP contribution in [0.4, 0.5) is 5.69 Å². The van der Waals surface area contributed by atoms with E-state index in [0.717, 1.165) is 5.69 Å². The number of hydrogen-bond donors (Lipinski definition) is 0. The Morgan fingerprint density at radius 3 is 2.86 bits per heavy atom. The monoisotopic (exact) mass is 179 g/mol. The number of aliphatic imine (C=N–C) groups is 1. The molecule has 65 valence electrons. The van der Waals surface area contributed by atoms with Crippen LogP contribution in [0.1, 0.15) is 5.56 Å². The Morgan fingerprint density at radius 1 is 0.929 bits per heavy atom. The van der Waals surface area contributed by atoms with E-state index >= 15 is 0 Å². The van der Waals surface area contributed by atoms with E-state index in [1.165, 1.54) is 16.3 Å². The van der Waals surface area contributed by atoms with Gasteiger partial charge in [0.2, 0.25) is 6.21 Å². The highest BCUT2D eigenvalue weighted by atomic mass is 14.7. The van der Waals surface area contributed by atoms with Crippen LogP contribution in [0.25, 0.3) is 16.8 Å². The van der Waals surface area contributed by atoms with Gasteiger partial charge in [-0.1, -0.05) is 24.3 Å². The van der Waals surface area contributed by atoms with Gasteiger partial charge in [-0.2, -0.15) is 0 Å². The van der Waals surface area contributed by atoms with Crippen LogP contribution in [0.5, 0.6) is 0 Å². The van der Waals surface area contributed by atoms with Crippen LogP contribution in [0.2, 0.25) is 0 Å². The van der Waals surface area contributed by atoms with Crippen LogP contribution in [-0.2, 0) is 0 Å². The Morgan fingerprint density at radius 2 is 1.86 bits per heavy atom. The molecule has 0 spiro atoms. The maximum Gasteiger partial charge on any atom is 0.284 e. The number of allylic oxidation sites excluding steroid dienone is 1. The van der Waals surface area contributed by atoms with Crippen molar-refractivity contribution in [3.63, 3.8) is 0 Å². The second kappa shape index (κ2) is 2.81. The highest BCUT2D eigenvalue weighted by Gasteiger charge is 2.13. The molecule has 0 atom stereocenters. The predicted octanol–water partition coefficient (Wildman–Crippen LogP) is 2.90. The van der Waals surface area contributed by atoms with Crippen molar-refractivity contribution in [2.75, 3.05) is 0 Å². The first-order valence-electron chi connectivity index (χ1n) is 4.68. The molecule has 1 radical (unpaired) electrons. The lowest BCUT2D eigenvalue weighted by Gasteiger charge is -2.01. The van der Waals surface area contributed by atoms with Crippen LogP contribution >= 0.6 is 0 Å². The minimum absolute atomic E-state index is 1.06. The van der Waals surface area contributed by atoms with E-state index in [2.05, 4.69) is 47.5 Å². The molecule has 1 heteroatoms. The van der Waals surface area contributed by atoms with Gasteiger partial charge in [-0.05, 0) is 22.9 Å². The van der Waals surface area contributed by atoms with Crippen molar-refractivity contribution in [2.24, 2.45) is 0 Å². The molecule has 0 amide bonds.